The first-order chi connectivity index (χ1) is 15.0. The van der Waals surface area contributed by atoms with Crippen LogP contribution in [-0.2, 0) is 11.3 Å². The molecule has 4 rings (SSSR count). The third kappa shape index (κ3) is 4.60. The van der Waals surface area contributed by atoms with Gasteiger partial charge in [0.05, 0.1) is 18.5 Å². The Morgan fingerprint density at radius 3 is 2.39 bits per heavy atom. The maximum absolute atomic E-state index is 12.9. The molecule has 0 unspecified atom stereocenters. The monoisotopic (exact) mass is 418 g/mol. The summed E-state index contributed by atoms with van der Waals surface area (Å²) in [6.45, 7) is 4.54. The molecule has 1 aromatic heterocycles. The van der Waals surface area contributed by atoms with Gasteiger partial charge in [-0.2, -0.15) is 5.10 Å². The Morgan fingerprint density at radius 1 is 0.968 bits per heavy atom. The molecule has 0 N–H and O–H groups in total. The van der Waals surface area contributed by atoms with Crippen molar-refractivity contribution in [2.24, 2.45) is 0 Å². The molecule has 1 fully saturated rings. The average molecular weight is 418 g/mol. The van der Waals surface area contributed by atoms with E-state index in [4.69, 9.17) is 4.74 Å². The lowest BCUT2D eigenvalue weighted by atomic mass is 10.1. The number of rotatable bonds is 5. The normalized spacial score (nSPS) is 13.9. The van der Waals surface area contributed by atoms with Crippen molar-refractivity contribution in [2.45, 2.75) is 13.5 Å². The third-order valence-corrected chi connectivity index (χ3v) is 5.56. The molecule has 2 aromatic carbocycles. The minimum Gasteiger partial charge on any atom is -0.495 e. The van der Waals surface area contributed by atoms with Crippen LogP contribution in [0.2, 0.25) is 0 Å². The quantitative estimate of drug-likeness (QED) is 0.637. The Bertz CT molecular complexity index is 1120. The van der Waals surface area contributed by atoms with Crippen molar-refractivity contribution < 1.29 is 9.53 Å². The summed E-state index contributed by atoms with van der Waals surface area (Å²) in [7, 11) is 1.66. The highest BCUT2D eigenvalue weighted by molar-refractivity contribution is 5.76. The smallest absolute Gasteiger partial charge is 0.267 e. The highest BCUT2D eigenvalue weighted by Gasteiger charge is 2.23. The number of methoxy groups -OCH3 is 1. The van der Waals surface area contributed by atoms with Crippen LogP contribution in [0.25, 0.3) is 11.3 Å². The van der Waals surface area contributed by atoms with E-state index in [1.807, 2.05) is 55.5 Å². The number of nitrogens with zero attached hydrogens (tertiary/aromatic N) is 4. The number of benzene rings is 2. The molecule has 0 bridgehead atoms. The summed E-state index contributed by atoms with van der Waals surface area (Å²) < 4.78 is 6.70. The first-order valence-corrected chi connectivity index (χ1v) is 10.4. The van der Waals surface area contributed by atoms with E-state index in [2.05, 4.69) is 10.00 Å². The zero-order valence-corrected chi connectivity index (χ0v) is 17.8. The van der Waals surface area contributed by atoms with Crippen molar-refractivity contribution in [2.75, 3.05) is 38.2 Å². The Balaban J connectivity index is 1.43. The lowest BCUT2D eigenvalue weighted by molar-refractivity contribution is -0.132. The summed E-state index contributed by atoms with van der Waals surface area (Å²) in [4.78, 5) is 29.2. The van der Waals surface area contributed by atoms with Crippen LogP contribution in [0.15, 0.2) is 65.5 Å². The van der Waals surface area contributed by atoms with Crippen LogP contribution in [0.4, 0.5) is 5.69 Å². The van der Waals surface area contributed by atoms with E-state index in [9.17, 15) is 9.59 Å². The van der Waals surface area contributed by atoms with Gasteiger partial charge in [-0.15, -0.1) is 0 Å². The summed E-state index contributed by atoms with van der Waals surface area (Å²) in [6.07, 6.45) is 0. The minimum atomic E-state index is -0.281. The predicted molar refractivity (Wildman–Crippen MR) is 120 cm³/mol. The minimum absolute atomic E-state index is 0.0623. The van der Waals surface area contributed by atoms with Crippen LogP contribution in [-0.4, -0.2) is 53.9 Å². The molecule has 0 spiro atoms. The van der Waals surface area contributed by atoms with Crippen LogP contribution in [0, 0.1) is 6.92 Å². The number of carbonyl (C=O) groups excluding carboxylic acids is 1. The van der Waals surface area contributed by atoms with E-state index >= 15 is 0 Å². The highest BCUT2D eigenvalue weighted by Crippen LogP contribution is 2.28. The molecule has 0 atom stereocenters. The maximum Gasteiger partial charge on any atom is 0.267 e. The van der Waals surface area contributed by atoms with Gasteiger partial charge in [-0.25, -0.2) is 4.68 Å². The van der Waals surface area contributed by atoms with Crippen molar-refractivity contribution in [1.29, 1.82) is 0 Å². The Hall–Kier alpha value is -3.61. The molecule has 7 nitrogen and oxygen atoms in total. The number of ether oxygens (including phenoxy) is 1. The molecule has 0 radical (unpaired) electrons. The third-order valence-electron chi connectivity index (χ3n) is 5.56. The van der Waals surface area contributed by atoms with Crippen LogP contribution in [0.1, 0.15) is 5.56 Å². The van der Waals surface area contributed by atoms with E-state index in [0.717, 1.165) is 22.6 Å². The molecule has 1 aliphatic rings. The van der Waals surface area contributed by atoms with Gasteiger partial charge in [0.25, 0.3) is 5.56 Å². The van der Waals surface area contributed by atoms with Crippen molar-refractivity contribution >= 4 is 11.6 Å². The van der Waals surface area contributed by atoms with Crippen LogP contribution in [0.5, 0.6) is 5.75 Å². The summed E-state index contributed by atoms with van der Waals surface area (Å²) in [5.41, 5.74) is 3.49. The Kier molecular flexibility index (Phi) is 6.02. The van der Waals surface area contributed by atoms with Gasteiger partial charge in [0.15, 0.2) is 0 Å². The van der Waals surface area contributed by atoms with Crippen molar-refractivity contribution in [3.8, 4) is 17.0 Å². The van der Waals surface area contributed by atoms with Gasteiger partial charge in [-0.05, 0) is 25.1 Å². The van der Waals surface area contributed by atoms with Gasteiger partial charge >= 0.3 is 0 Å². The van der Waals surface area contributed by atoms with Crippen molar-refractivity contribution in [3.05, 3.63) is 76.6 Å². The fourth-order valence-corrected chi connectivity index (χ4v) is 3.76. The van der Waals surface area contributed by atoms with Gasteiger partial charge in [-0.3, -0.25) is 9.59 Å². The number of hydrogen-bond donors (Lipinski definition) is 0. The predicted octanol–water partition coefficient (Wildman–Crippen LogP) is 2.58. The molecule has 3 aromatic rings. The Morgan fingerprint density at radius 2 is 1.68 bits per heavy atom. The number of aromatic nitrogens is 2. The average Bonchev–Trinajstić information content (AvgIpc) is 2.81. The molecule has 1 saturated heterocycles. The largest absolute Gasteiger partial charge is 0.495 e. The molecular formula is C24H26N4O3. The molecule has 2 heterocycles. The summed E-state index contributed by atoms with van der Waals surface area (Å²) in [6, 6.07) is 19.0. The van der Waals surface area contributed by atoms with E-state index in [1.165, 1.54) is 10.7 Å². The number of piperazine rings is 1. The van der Waals surface area contributed by atoms with Gasteiger partial charge in [0, 0.05) is 37.8 Å². The molecule has 1 aliphatic heterocycles. The first kappa shape index (κ1) is 20.7. The molecule has 7 heteroatoms. The first-order valence-electron chi connectivity index (χ1n) is 10.4. The Labute approximate surface area is 181 Å². The molecule has 160 valence electrons. The number of carbonyl (C=O) groups is 1. The number of aryl methyl sites for hydroxylation is 1. The van der Waals surface area contributed by atoms with Crippen LogP contribution < -0.4 is 15.2 Å². The maximum atomic E-state index is 12.9. The van der Waals surface area contributed by atoms with Gasteiger partial charge in [0.1, 0.15) is 12.3 Å². The standard InChI is InChI=1S/C24H26N4O3/c1-18-7-9-19(10-8-18)20-11-12-23(29)28(25-20)17-24(30)27-15-13-26(14-16-27)21-5-3-4-6-22(21)31-2/h3-12H,13-17H2,1-2H3. The second-order valence-electron chi connectivity index (χ2n) is 7.62. The molecule has 1 amide bonds. The summed E-state index contributed by atoms with van der Waals surface area (Å²) >= 11 is 0. The second-order valence-corrected chi connectivity index (χ2v) is 7.62. The molecule has 0 saturated carbocycles. The van der Waals surface area contributed by atoms with E-state index in [-0.39, 0.29) is 18.0 Å². The molecular weight excluding hydrogens is 392 g/mol. The SMILES string of the molecule is COc1ccccc1N1CCN(C(=O)Cn2nc(-c3ccc(C)cc3)ccc2=O)CC1. The topological polar surface area (TPSA) is 67.7 Å². The molecule has 31 heavy (non-hydrogen) atoms. The van der Waals surface area contributed by atoms with Gasteiger partial charge in [0.2, 0.25) is 5.91 Å². The lowest BCUT2D eigenvalue weighted by Gasteiger charge is -2.36. The summed E-state index contributed by atoms with van der Waals surface area (Å²) in [5, 5.41) is 4.42. The van der Waals surface area contributed by atoms with Crippen molar-refractivity contribution in [1.82, 2.24) is 14.7 Å². The fourth-order valence-electron chi connectivity index (χ4n) is 3.76. The van der Waals surface area contributed by atoms with E-state index in [0.29, 0.717) is 31.9 Å². The van der Waals surface area contributed by atoms with E-state index in [1.54, 1.807) is 18.1 Å². The molecule has 0 aliphatic carbocycles. The lowest BCUT2D eigenvalue weighted by Crippen LogP contribution is -2.50. The van der Waals surface area contributed by atoms with Gasteiger partial charge < -0.3 is 14.5 Å². The second kappa shape index (κ2) is 9.04. The van der Waals surface area contributed by atoms with E-state index < -0.39 is 0 Å². The highest BCUT2D eigenvalue weighted by atomic mass is 16.5. The van der Waals surface area contributed by atoms with Crippen LogP contribution in [0.3, 0.4) is 0 Å². The number of hydrogen-bond acceptors (Lipinski definition) is 5. The fraction of sp³-hybridized carbons (Fsp3) is 0.292. The summed E-state index contributed by atoms with van der Waals surface area (Å²) in [5.74, 6) is 0.723. The van der Waals surface area contributed by atoms with Crippen molar-refractivity contribution in [3.63, 3.8) is 0 Å². The number of para-hydroxylation sites is 2. The zero-order chi connectivity index (χ0) is 21.8. The van der Waals surface area contributed by atoms with Gasteiger partial charge in [-0.1, -0.05) is 42.0 Å². The van der Waals surface area contributed by atoms with Crippen LogP contribution >= 0.6 is 0 Å². The number of anilines is 1. The zero-order valence-electron chi connectivity index (χ0n) is 17.8. The number of amides is 1.